The number of carbonyl (C=O) groups is 2. The van der Waals surface area contributed by atoms with Gasteiger partial charge >= 0.3 is 0 Å². The second-order valence-electron chi connectivity index (χ2n) is 6.50. The molecule has 0 radical (unpaired) electrons. The van der Waals surface area contributed by atoms with Crippen molar-refractivity contribution in [2.24, 2.45) is 5.10 Å². The first-order chi connectivity index (χ1) is 11.5. The van der Waals surface area contributed by atoms with Crippen LogP contribution in [0.25, 0.3) is 0 Å². The molecule has 0 aromatic heterocycles. The standard InChI is InChI=1S/C18H24N4O2/c1-13(14-6-4-3-5-7-14)22-11-10-15(12-22)19-18(24)16-8-9-17(23)21(2)20-16/h3-7,13,15H,8-12H2,1-2H3,(H,19,24)/t13-,15-/m1/s1. The van der Waals surface area contributed by atoms with Crippen molar-refractivity contribution in [3.8, 4) is 0 Å². The van der Waals surface area contributed by atoms with E-state index in [4.69, 9.17) is 0 Å². The molecule has 1 aromatic carbocycles. The normalized spacial score (nSPS) is 23.1. The van der Waals surface area contributed by atoms with E-state index in [2.05, 4.69) is 46.5 Å². The lowest BCUT2D eigenvalue weighted by molar-refractivity contribution is -0.130. The predicted octanol–water partition coefficient (Wildman–Crippen LogP) is 1.55. The third-order valence-electron chi connectivity index (χ3n) is 4.85. The van der Waals surface area contributed by atoms with Crippen LogP contribution in [0.15, 0.2) is 35.4 Å². The molecule has 0 saturated carbocycles. The number of hydrogen-bond acceptors (Lipinski definition) is 4. The number of carbonyl (C=O) groups excluding carboxylic acids is 2. The van der Waals surface area contributed by atoms with Crippen LogP contribution in [0.4, 0.5) is 0 Å². The topological polar surface area (TPSA) is 65.0 Å². The fraction of sp³-hybridized carbons (Fsp3) is 0.500. The van der Waals surface area contributed by atoms with Crippen molar-refractivity contribution in [3.63, 3.8) is 0 Å². The van der Waals surface area contributed by atoms with Gasteiger partial charge in [0.25, 0.3) is 5.91 Å². The first kappa shape index (κ1) is 16.6. The summed E-state index contributed by atoms with van der Waals surface area (Å²) in [5.74, 6) is -0.191. The van der Waals surface area contributed by atoms with Gasteiger partial charge in [-0.1, -0.05) is 30.3 Å². The van der Waals surface area contributed by atoms with Gasteiger partial charge in [0.15, 0.2) is 0 Å². The van der Waals surface area contributed by atoms with Crippen LogP contribution < -0.4 is 5.32 Å². The summed E-state index contributed by atoms with van der Waals surface area (Å²) in [6.45, 7) is 4.00. The molecular formula is C18H24N4O2. The molecule has 0 bridgehead atoms. The minimum absolute atomic E-state index is 0.0460. The summed E-state index contributed by atoms with van der Waals surface area (Å²) in [6.07, 6.45) is 1.71. The zero-order chi connectivity index (χ0) is 17.1. The van der Waals surface area contributed by atoms with Crippen molar-refractivity contribution >= 4 is 17.5 Å². The third-order valence-corrected chi connectivity index (χ3v) is 4.85. The highest BCUT2D eigenvalue weighted by molar-refractivity contribution is 6.39. The molecule has 0 unspecified atom stereocenters. The molecule has 24 heavy (non-hydrogen) atoms. The maximum atomic E-state index is 12.4. The summed E-state index contributed by atoms with van der Waals surface area (Å²) in [4.78, 5) is 26.2. The highest BCUT2D eigenvalue weighted by Crippen LogP contribution is 2.24. The molecule has 2 atom stereocenters. The maximum absolute atomic E-state index is 12.4. The summed E-state index contributed by atoms with van der Waals surface area (Å²) in [5, 5.41) is 8.41. The van der Waals surface area contributed by atoms with E-state index < -0.39 is 0 Å². The van der Waals surface area contributed by atoms with Crippen LogP contribution in [0, 0.1) is 0 Å². The molecule has 1 fully saturated rings. The molecule has 2 aliphatic rings. The van der Waals surface area contributed by atoms with Gasteiger partial charge in [-0.3, -0.25) is 14.5 Å². The Morgan fingerprint density at radius 1 is 1.29 bits per heavy atom. The highest BCUT2D eigenvalue weighted by atomic mass is 16.2. The van der Waals surface area contributed by atoms with Gasteiger partial charge in [-0.05, 0) is 18.9 Å². The molecule has 3 rings (SSSR count). The van der Waals surface area contributed by atoms with E-state index in [1.54, 1.807) is 7.05 Å². The number of hydrazone groups is 1. The zero-order valence-electron chi connectivity index (χ0n) is 14.2. The number of likely N-dealkylation sites (tertiary alicyclic amines) is 1. The first-order valence-electron chi connectivity index (χ1n) is 8.48. The molecule has 1 aromatic rings. The lowest BCUT2D eigenvalue weighted by Crippen LogP contribution is -2.43. The van der Waals surface area contributed by atoms with Crippen molar-refractivity contribution in [2.45, 2.75) is 38.3 Å². The third kappa shape index (κ3) is 3.64. The minimum Gasteiger partial charge on any atom is -0.347 e. The van der Waals surface area contributed by atoms with Crippen molar-refractivity contribution in [1.82, 2.24) is 15.2 Å². The van der Waals surface area contributed by atoms with E-state index in [-0.39, 0.29) is 17.9 Å². The lowest BCUT2D eigenvalue weighted by Gasteiger charge is -2.25. The maximum Gasteiger partial charge on any atom is 0.267 e. The monoisotopic (exact) mass is 328 g/mol. The second kappa shape index (κ2) is 7.13. The van der Waals surface area contributed by atoms with E-state index >= 15 is 0 Å². The number of nitrogens with zero attached hydrogens (tertiary/aromatic N) is 3. The van der Waals surface area contributed by atoms with E-state index in [9.17, 15) is 9.59 Å². The Hall–Kier alpha value is -2.21. The van der Waals surface area contributed by atoms with Gasteiger partial charge < -0.3 is 5.32 Å². The van der Waals surface area contributed by atoms with Gasteiger partial charge in [0, 0.05) is 45.1 Å². The van der Waals surface area contributed by atoms with E-state index in [0.29, 0.717) is 24.6 Å². The van der Waals surface area contributed by atoms with Crippen LogP contribution in [0.2, 0.25) is 0 Å². The molecule has 2 amide bonds. The van der Waals surface area contributed by atoms with Crippen molar-refractivity contribution < 1.29 is 9.59 Å². The molecule has 0 aliphatic carbocycles. The average molecular weight is 328 g/mol. The molecule has 6 nitrogen and oxygen atoms in total. The Morgan fingerprint density at radius 3 is 2.75 bits per heavy atom. The van der Waals surface area contributed by atoms with Crippen LogP contribution in [-0.2, 0) is 9.59 Å². The number of rotatable bonds is 4. The number of hydrogen-bond donors (Lipinski definition) is 1. The SMILES string of the molecule is C[C@H](c1ccccc1)N1CC[C@@H](NC(=O)C2=NN(C)C(=O)CC2)C1. The lowest BCUT2D eigenvalue weighted by atomic mass is 10.1. The quantitative estimate of drug-likeness (QED) is 0.912. The van der Waals surface area contributed by atoms with Crippen molar-refractivity contribution in [3.05, 3.63) is 35.9 Å². The van der Waals surface area contributed by atoms with Crippen LogP contribution in [-0.4, -0.2) is 53.6 Å². The summed E-state index contributed by atoms with van der Waals surface area (Å²) in [6, 6.07) is 10.9. The smallest absolute Gasteiger partial charge is 0.267 e. The van der Waals surface area contributed by atoms with E-state index in [0.717, 1.165) is 19.5 Å². The summed E-state index contributed by atoms with van der Waals surface area (Å²) in [5.41, 5.74) is 1.74. The van der Waals surface area contributed by atoms with Crippen molar-refractivity contribution in [1.29, 1.82) is 0 Å². The van der Waals surface area contributed by atoms with Crippen LogP contribution in [0.5, 0.6) is 0 Å². The molecule has 1 N–H and O–H groups in total. The molecule has 1 saturated heterocycles. The van der Waals surface area contributed by atoms with E-state index in [1.807, 2.05) is 6.07 Å². The summed E-state index contributed by atoms with van der Waals surface area (Å²) >= 11 is 0. The first-order valence-corrected chi connectivity index (χ1v) is 8.48. The van der Waals surface area contributed by atoms with Gasteiger partial charge in [-0.15, -0.1) is 0 Å². The fourth-order valence-electron chi connectivity index (χ4n) is 3.30. The second-order valence-corrected chi connectivity index (χ2v) is 6.50. The average Bonchev–Trinajstić information content (AvgIpc) is 3.06. The number of benzene rings is 1. The molecular weight excluding hydrogens is 304 g/mol. The Labute approximate surface area is 142 Å². The summed E-state index contributed by atoms with van der Waals surface area (Å²) < 4.78 is 0. The molecule has 6 heteroatoms. The predicted molar refractivity (Wildman–Crippen MR) is 92.4 cm³/mol. The molecule has 0 spiro atoms. The highest BCUT2D eigenvalue weighted by Gasteiger charge is 2.29. The Balaban J connectivity index is 1.56. The van der Waals surface area contributed by atoms with Gasteiger partial charge in [-0.2, -0.15) is 5.10 Å². The fourth-order valence-corrected chi connectivity index (χ4v) is 3.30. The number of amides is 2. The van der Waals surface area contributed by atoms with E-state index in [1.165, 1.54) is 10.6 Å². The van der Waals surface area contributed by atoms with Gasteiger partial charge in [0.2, 0.25) is 5.91 Å². The van der Waals surface area contributed by atoms with Gasteiger partial charge in [-0.25, -0.2) is 5.01 Å². The molecule has 2 heterocycles. The Bertz CT molecular complexity index is 644. The Kier molecular flexibility index (Phi) is 4.94. The summed E-state index contributed by atoms with van der Waals surface area (Å²) in [7, 11) is 1.59. The van der Waals surface area contributed by atoms with Crippen LogP contribution >= 0.6 is 0 Å². The minimum atomic E-state index is -0.145. The molecule has 2 aliphatic heterocycles. The zero-order valence-corrected chi connectivity index (χ0v) is 14.2. The van der Waals surface area contributed by atoms with Gasteiger partial charge in [0.05, 0.1) is 0 Å². The van der Waals surface area contributed by atoms with Crippen LogP contribution in [0.1, 0.15) is 37.8 Å². The number of nitrogens with one attached hydrogen (secondary N) is 1. The Morgan fingerprint density at radius 2 is 2.04 bits per heavy atom. The van der Waals surface area contributed by atoms with Crippen molar-refractivity contribution in [2.75, 3.05) is 20.1 Å². The molecule has 128 valence electrons. The largest absolute Gasteiger partial charge is 0.347 e. The van der Waals surface area contributed by atoms with Crippen LogP contribution in [0.3, 0.4) is 0 Å². The van der Waals surface area contributed by atoms with Gasteiger partial charge in [0.1, 0.15) is 5.71 Å².